The van der Waals surface area contributed by atoms with Crippen molar-refractivity contribution in [1.29, 1.82) is 0 Å². The molecule has 5 aliphatic heterocycles. The number of para-hydroxylation sites is 1. The lowest BCUT2D eigenvalue weighted by molar-refractivity contribution is -0.122. The smallest absolute Gasteiger partial charge is 0.273 e. The topological polar surface area (TPSA) is 110 Å². The maximum Gasteiger partial charge on any atom is 0.273 e. The molecule has 2 aromatic carbocycles. The second-order valence-corrected chi connectivity index (χ2v) is 13.0. The molecule has 0 aliphatic carbocycles. The van der Waals surface area contributed by atoms with E-state index in [2.05, 4.69) is 17.2 Å². The fraction of sp³-hybridized carbons (Fsp3) is 0.455. The van der Waals surface area contributed by atoms with Crippen LogP contribution in [0.15, 0.2) is 41.8 Å². The van der Waals surface area contributed by atoms with Gasteiger partial charge in [0.05, 0.1) is 31.4 Å². The van der Waals surface area contributed by atoms with E-state index in [4.69, 9.17) is 14.2 Å². The third-order valence-corrected chi connectivity index (χ3v) is 9.99. The lowest BCUT2D eigenvalue weighted by Gasteiger charge is -2.40. The number of fused-ring (bicyclic) bond motifs is 10. The van der Waals surface area contributed by atoms with Crippen molar-refractivity contribution in [2.45, 2.75) is 38.5 Å². The Morgan fingerprint density at radius 2 is 1.98 bits per heavy atom. The van der Waals surface area contributed by atoms with E-state index in [0.717, 1.165) is 41.1 Å². The first-order valence-corrected chi connectivity index (χ1v) is 16.3. The molecule has 10 nitrogen and oxygen atoms in total. The van der Waals surface area contributed by atoms with Crippen LogP contribution in [0.2, 0.25) is 0 Å². The first kappa shape index (κ1) is 28.6. The predicted molar refractivity (Wildman–Crippen MR) is 164 cm³/mol. The molecule has 1 aromatic heterocycles. The van der Waals surface area contributed by atoms with Crippen molar-refractivity contribution >= 4 is 29.1 Å². The van der Waals surface area contributed by atoms with Crippen LogP contribution in [0.25, 0.3) is 0 Å². The van der Waals surface area contributed by atoms with Crippen LogP contribution in [-0.4, -0.2) is 85.0 Å². The van der Waals surface area contributed by atoms with Gasteiger partial charge in [0, 0.05) is 60.4 Å². The van der Waals surface area contributed by atoms with E-state index in [1.807, 2.05) is 40.6 Å². The maximum absolute atomic E-state index is 13.7. The molecular formula is C33H36N4O6S. The normalized spacial score (nSPS) is 22.7. The minimum absolute atomic E-state index is 0.0675. The van der Waals surface area contributed by atoms with E-state index < -0.39 is 5.41 Å². The molecule has 6 heterocycles. The maximum atomic E-state index is 13.7. The predicted octanol–water partition coefficient (Wildman–Crippen LogP) is 3.69. The summed E-state index contributed by atoms with van der Waals surface area (Å²) in [6, 6.07) is 11.3. The summed E-state index contributed by atoms with van der Waals surface area (Å²) in [4.78, 5) is 48.8. The number of hydrogen-bond acceptors (Lipinski definition) is 8. The van der Waals surface area contributed by atoms with Crippen molar-refractivity contribution in [2.75, 3.05) is 52.5 Å². The van der Waals surface area contributed by atoms with Crippen molar-refractivity contribution < 1.29 is 28.6 Å². The Hall–Kier alpha value is -4.12. The zero-order chi connectivity index (χ0) is 30.3. The number of aromatic nitrogens is 1. The minimum atomic E-state index is -0.543. The number of amides is 3. The van der Waals surface area contributed by atoms with Gasteiger partial charge in [0.15, 0.2) is 11.5 Å². The molecule has 3 aromatic rings. The van der Waals surface area contributed by atoms with Gasteiger partial charge < -0.3 is 29.3 Å². The van der Waals surface area contributed by atoms with E-state index in [9.17, 15) is 14.4 Å². The van der Waals surface area contributed by atoms with Gasteiger partial charge in [-0.3, -0.25) is 14.4 Å². The van der Waals surface area contributed by atoms with Gasteiger partial charge in [-0.1, -0.05) is 19.1 Å². The molecule has 3 amide bonds. The van der Waals surface area contributed by atoms with Gasteiger partial charge in [-0.15, -0.1) is 11.3 Å². The fourth-order valence-corrected chi connectivity index (χ4v) is 7.69. The summed E-state index contributed by atoms with van der Waals surface area (Å²) in [5, 5.41) is 5.92. The number of aryl methyl sites for hydroxylation is 1. The number of benzene rings is 2. The third-order valence-electron chi connectivity index (χ3n) is 9.08. The molecule has 44 heavy (non-hydrogen) atoms. The SMILES string of the molecule is CCCc1nc(C(=O)N2C[C@H]3c4cccc5c4OC[C@@]3(CNC(=O)CN(C(=O)c3ccc4c(c3)CCO4)CCCO5)C2)cs1. The van der Waals surface area contributed by atoms with Crippen molar-refractivity contribution in [2.24, 2.45) is 5.41 Å². The number of carbonyl (C=O) groups is 3. The Labute approximate surface area is 260 Å². The van der Waals surface area contributed by atoms with Gasteiger partial charge in [-0.2, -0.15) is 0 Å². The van der Waals surface area contributed by atoms with Crippen LogP contribution in [-0.2, 0) is 17.6 Å². The number of likely N-dealkylation sites (tertiary alicyclic amines) is 1. The largest absolute Gasteiger partial charge is 0.493 e. The van der Waals surface area contributed by atoms with Crippen LogP contribution in [0.5, 0.6) is 17.2 Å². The number of carbonyl (C=O) groups excluding carboxylic acids is 3. The molecule has 0 radical (unpaired) electrons. The molecule has 1 saturated heterocycles. The molecule has 0 unspecified atom stereocenters. The second kappa shape index (κ2) is 11.8. The summed E-state index contributed by atoms with van der Waals surface area (Å²) >= 11 is 1.52. The van der Waals surface area contributed by atoms with Gasteiger partial charge in [-0.05, 0) is 49.1 Å². The van der Waals surface area contributed by atoms with Crippen molar-refractivity contribution in [3.63, 3.8) is 0 Å². The van der Waals surface area contributed by atoms with Crippen molar-refractivity contribution in [1.82, 2.24) is 20.1 Å². The van der Waals surface area contributed by atoms with Gasteiger partial charge in [-0.25, -0.2) is 4.98 Å². The summed E-state index contributed by atoms with van der Waals surface area (Å²) < 4.78 is 18.2. The van der Waals surface area contributed by atoms with Crippen LogP contribution in [0.3, 0.4) is 0 Å². The second-order valence-electron chi connectivity index (χ2n) is 12.1. The summed E-state index contributed by atoms with van der Waals surface area (Å²) in [5.74, 6) is 1.54. The van der Waals surface area contributed by atoms with E-state index >= 15 is 0 Å². The van der Waals surface area contributed by atoms with E-state index in [1.165, 1.54) is 11.3 Å². The number of nitrogens with zero attached hydrogens (tertiary/aromatic N) is 3. The highest BCUT2D eigenvalue weighted by Crippen LogP contribution is 2.52. The zero-order valence-corrected chi connectivity index (χ0v) is 25.6. The molecular weight excluding hydrogens is 580 g/mol. The minimum Gasteiger partial charge on any atom is -0.493 e. The molecule has 0 saturated carbocycles. The lowest BCUT2D eigenvalue weighted by atomic mass is 9.73. The standard InChI is InChI=1S/C33H36N4O6S/c1-2-5-29-35-25(17-44-29)32(40)37-15-24-23-6-3-7-27-30(23)43-20-33(24,19-37)18-34-28(38)16-36(11-4-12-41-27)31(39)22-8-9-26-21(14-22)10-13-42-26/h3,6-9,14,17,24H,2,4-5,10-13,15-16,18-20H2,1H3,(H,34,38)/t24-,33+/m0/s1. The quantitative estimate of drug-likeness (QED) is 0.476. The highest BCUT2D eigenvalue weighted by Gasteiger charge is 2.53. The summed E-state index contributed by atoms with van der Waals surface area (Å²) in [7, 11) is 0. The van der Waals surface area contributed by atoms with E-state index in [-0.39, 0.29) is 30.2 Å². The first-order chi connectivity index (χ1) is 21.4. The molecule has 1 fully saturated rings. The Morgan fingerprint density at radius 1 is 1.09 bits per heavy atom. The molecule has 4 bridgehead atoms. The van der Waals surface area contributed by atoms with Gasteiger partial charge >= 0.3 is 0 Å². The zero-order valence-electron chi connectivity index (χ0n) is 24.8. The number of nitrogens with one attached hydrogen (secondary N) is 1. The first-order valence-electron chi connectivity index (χ1n) is 15.4. The molecule has 11 heteroatoms. The van der Waals surface area contributed by atoms with Crippen LogP contribution >= 0.6 is 11.3 Å². The summed E-state index contributed by atoms with van der Waals surface area (Å²) in [6.45, 7) is 4.88. The van der Waals surface area contributed by atoms with Crippen LogP contribution in [0.4, 0.5) is 0 Å². The van der Waals surface area contributed by atoms with Crippen LogP contribution < -0.4 is 19.5 Å². The number of thiazole rings is 1. The molecule has 2 atom stereocenters. The Bertz CT molecular complexity index is 1610. The number of hydrogen-bond donors (Lipinski definition) is 1. The molecule has 5 aliphatic rings. The van der Waals surface area contributed by atoms with E-state index in [1.54, 1.807) is 11.0 Å². The van der Waals surface area contributed by atoms with Crippen LogP contribution in [0.1, 0.15) is 62.7 Å². The van der Waals surface area contributed by atoms with Gasteiger partial charge in [0.2, 0.25) is 5.91 Å². The highest BCUT2D eigenvalue weighted by molar-refractivity contribution is 7.09. The average molecular weight is 617 g/mol. The Morgan fingerprint density at radius 3 is 2.86 bits per heavy atom. The van der Waals surface area contributed by atoms with Crippen molar-refractivity contribution in [3.05, 3.63) is 69.2 Å². The molecule has 8 rings (SSSR count). The summed E-state index contributed by atoms with van der Waals surface area (Å²) in [6.07, 6.45) is 3.12. The highest BCUT2D eigenvalue weighted by atomic mass is 32.1. The fourth-order valence-electron chi connectivity index (χ4n) is 6.82. The molecule has 230 valence electrons. The van der Waals surface area contributed by atoms with Crippen molar-refractivity contribution in [3.8, 4) is 17.2 Å². The Kier molecular flexibility index (Phi) is 7.65. The lowest BCUT2D eigenvalue weighted by Crippen LogP contribution is -2.50. The number of ether oxygens (including phenoxy) is 3. The Balaban J connectivity index is 1.15. The third kappa shape index (κ3) is 5.27. The van der Waals surface area contributed by atoms with Gasteiger partial charge in [0.1, 0.15) is 11.4 Å². The number of rotatable bonds is 4. The average Bonchev–Trinajstić information content (AvgIpc) is 3.79. The molecule has 1 N–H and O–H groups in total. The van der Waals surface area contributed by atoms with E-state index in [0.29, 0.717) is 75.2 Å². The van der Waals surface area contributed by atoms with Crippen LogP contribution in [0, 0.1) is 5.41 Å². The summed E-state index contributed by atoms with van der Waals surface area (Å²) in [5.41, 5.74) is 2.45. The monoisotopic (exact) mass is 616 g/mol. The van der Waals surface area contributed by atoms with Gasteiger partial charge in [0.25, 0.3) is 11.8 Å². The molecule has 1 spiro atoms.